The Bertz CT molecular complexity index is 1410. The van der Waals surface area contributed by atoms with E-state index in [0.29, 0.717) is 24.3 Å². The monoisotopic (exact) mass is 451 g/mol. The Kier molecular flexibility index (Phi) is 4.91. The van der Waals surface area contributed by atoms with Crippen LogP contribution >= 0.6 is 0 Å². The van der Waals surface area contributed by atoms with Crippen LogP contribution < -0.4 is 20.7 Å². The van der Waals surface area contributed by atoms with E-state index in [4.69, 9.17) is 0 Å². The van der Waals surface area contributed by atoms with E-state index in [0.717, 1.165) is 12.1 Å². The number of hydrogen-bond acceptors (Lipinski definition) is 5. The molecule has 5 rings (SSSR count). The molecule has 2 aliphatic rings. The van der Waals surface area contributed by atoms with E-state index in [2.05, 4.69) is 10.3 Å². The Morgan fingerprint density at radius 1 is 0.939 bits per heavy atom. The first-order valence-electron chi connectivity index (χ1n) is 10.1. The van der Waals surface area contributed by atoms with Gasteiger partial charge in [-0.05, 0) is 30.3 Å². The number of anilines is 3. The number of nitrogens with zero attached hydrogens (tertiary/aromatic N) is 3. The summed E-state index contributed by atoms with van der Waals surface area (Å²) >= 11 is 0. The van der Waals surface area contributed by atoms with Gasteiger partial charge >= 0.3 is 0 Å². The number of H-pyrrole nitrogens is 1. The van der Waals surface area contributed by atoms with Crippen LogP contribution in [0.5, 0.6) is 0 Å². The molecular weight excluding hydrogens is 435 g/mol. The van der Waals surface area contributed by atoms with Crippen LogP contribution in [0.15, 0.2) is 41.2 Å². The van der Waals surface area contributed by atoms with E-state index in [1.165, 1.54) is 34.1 Å². The number of pyridine rings is 1. The van der Waals surface area contributed by atoms with Crippen LogP contribution in [0.1, 0.15) is 27.2 Å². The summed E-state index contributed by atoms with van der Waals surface area (Å²) in [4.78, 5) is 31.0. The fraction of sp³-hybridized carbons (Fsp3) is 0.174. The molecule has 33 heavy (non-hydrogen) atoms. The summed E-state index contributed by atoms with van der Waals surface area (Å²) in [5.74, 6) is -3.49. The third kappa shape index (κ3) is 3.34. The molecule has 0 unspecified atom stereocenters. The molecule has 2 aliphatic heterocycles. The average Bonchev–Trinajstić information content (AvgIpc) is 2.82. The fourth-order valence-corrected chi connectivity index (χ4v) is 4.24. The molecule has 0 atom stereocenters. The first kappa shape index (κ1) is 20.8. The van der Waals surface area contributed by atoms with Gasteiger partial charge in [0.05, 0.1) is 28.2 Å². The summed E-state index contributed by atoms with van der Waals surface area (Å²) in [5.41, 5.74) is 0.694. The number of amides is 1. The van der Waals surface area contributed by atoms with Gasteiger partial charge in [0, 0.05) is 36.8 Å². The van der Waals surface area contributed by atoms with Gasteiger partial charge in [-0.25, -0.2) is 13.2 Å². The number of carbonyl (C=O) groups is 1. The number of hydrogen-bond donors (Lipinski definition) is 2. The molecule has 3 heterocycles. The molecule has 1 aromatic heterocycles. The van der Waals surface area contributed by atoms with Gasteiger partial charge in [-0.1, -0.05) is 0 Å². The predicted octanol–water partition coefficient (Wildman–Crippen LogP) is 3.07. The maximum atomic E-state index is 14.9. The largest absolute Gasteiger partial charge is 0.324 e. The number of nitrogens with one attached hydrogen (secondary N) is 2. The highest BCUT2D eigenvalue weighted by Crippen LogP contribution is 2.40. The summed E-state index contributed by atoms with van der Waals surface area (Å²) in [6, 6.07) is 9.09. The molecule has 0 aliphatic carbocycles. The van der Waals surface area contributed by atoms with Gasteiger partial charge in [0.1, 0.15) is 18.6 Å². The Morgan fingerprint density at radius 2 is 1.73 bits per heavy atom. The lowest BCUT2D eigenvalue weighted by molar-refractivity contribution is 0.0982. The molecule has 0 saturated heterocycles. The summed E-state index contributed by atoms with van der Waals surface area (Å²) in [5, 5.41) is 12.3. The summed E-state index contributed by atoms with van der Waals surface area (Å²) in [6.45, 7) is 0.154. The van der Waals surface area contributed by atoms with Crippen molar-refractivity contribution in [1.29, 1.82) is 5.26 Å². The zero-order valence-corrected chi connectivity index (χ0v) is 17.1. The minimum atomic E-state index is -1.04. The summed E-state index contributed by atoms with van der Waals surface area (Å²) in [7, 11) is 0. The summed E-state index contributed by atoms with van der Waals surface area (Å²) in [6.07, 6.45) is 0.302. The number of aromatic nitrogens is 1. The highest BCUT2D eigenvalue weighted by Gasteiger charge is 2.35. The zero-order chi connectivity index (χ0) is 23.3. The van der Waals surface area contributed by atoms with Crippen molar-refractivity contribution in [3.8, 4) is 6.07 Å². The number of aromatic amines is 1. The number of nitriles is 1. The first-order valence-corrected chi connectivity index (χ1v) is 10.1. The van der Waals surface area contributed by atoms with Crippen molar-refractivity contribution in [2.24, 2.45) is 0 Å². The van der Waals surface area contributed by atoms with E-state index in [1.807, 2.05) is 0 Å². The molecule has 3 aromatic rings. The number of fused-ring (bicyclic) bond motifs is 8. The number of carbonyl (C=O) groups excluding carboxylic acids is 1. The topological polar surface area (TPSA) is 92.2 Å². The van der Waals surface area contributed by atoms with Gasteiger partial charge in [-0.15, -0.1) is 0 Å². The molecule has 7 nitrogen and oxygen atoms in total. The minimum absolute atomic E-state index is 0.0255. The second kappa shape index (κ2) is 7.79. The van der Waals surface area contributed by atoms with E-state index in [9.17, 15) is 28.0 Å². The van der Waals surface area contributed by atoms with Crippen molar-refractivity contribution in [2.45, 2.75) is 13.0 Å². The number of rotatable bonds is 0. The van der Waals surface area contributed by atoms with Crippen molar-refractivity contribution in [1.82, 2.24) is 10.3 Å². The molecule has 1 amide bonds. The lowest BCUT2D eigenvalue weighted by Gasteiger charge is -2.39. The molecule has 2 N–H and O–H groups in total. The Morgan fingerprint density at radius 3 is 2.52 bits per heavy atom. The number of halogens is 3. The van der Waals surface area contributed by atoms with Gasteiger partial charge in [0.25, 0.3) is 5.91 Å². The fourth-order valence-electron chi connectivity index (χ4n) is 4.24. The lowest BCUT2D eigenvalue weighted by atomic mass is 10.0. The Labute approximate surface area is 185 Å². The molecule has 2 aromatic carbocycles. The van der Waals surface area contributed by atoms with E-state index in [-0.39, 0.29) is 46.8 Å². The second-order valence-corrected chi connectivity index (χ2v) is 7.74. The standard InChI is InChI=1S/C23H16F3N5O2/c24-15-1-2-18-14(22(15)26)10-28-6-5-17-19(3-4-21(32)29-17)31-11-30(18)20-7-12(9-27)16(25)8-13(20)23(31)33/h1-4,7-8,28H,5-6,10-11H2,(H,29,32). The molecule has 0 fully saturated rings. The lowest BCUT2D eigenvalue weighted by Crippen LogP contribution is -2.46. The van der Waals surface area contributed by atoms with Crippen LogP contribution in [0, 0.1) is 28.8 Å². The van der Waals surface area contributed by atoms with E-state index >= 15 is 0 Å². The van der Waals surface area contributed by atoms with Crippen LogP contribution in [-0.2, 0) is 13.0 Å². The van der Waals surface area contributed by atoms with Gasteiger partial charge in [-0.2, -0.15) is 5.26 Å². The molecule has 2 bridgehead atoms. The molecular formula is C23H16F3N5O2. The van der Waals surface area contributed by atoms with Crippen LogP contribution in [0.3, 0.4) is 0 Å². The zero-order valence-electron chi connectivity index (χ0n) is 17.1. The van der Waals surface area contributed by atoms with Crippen LogP contribution in [0.25, 0.3) is 0 Å². The molecule has 0 saturated carbocycles. The van der Waals surface area contributed by atoms with Crippen molar-refractivity contribution >= 4 is 23.0 Å². The van der Waals surface area contributed by atoms with E-state index in [1.54, 1.807) is 6.07 Å². The van der Waals surface area contributed by atoms with Crippen LogP contribution in [0.4, 0.5) is 30.2 Å². The molecule has 166 valence electrons. The predicted molar refractivity (Wildman–Crippen MR) is 114 cm³/mol. The normalized spacial score (nSPS) is 15.2. The molecule has 0 spiro atoms. The van der Waals surface area contributed by atoms with Crippen molar-refractivity contribution in [3.63, 3.8) is 0 Å². The molecule has 0 radical (unpaired) electrons. The molecule has 10 heteroatoms. The van der Waals surface area contributed by atoms with Crippen LogP contribution in [-0.4, -0.2) is 24.1 Å². The third-order valence-corrected chi connectivity index (χ3v) is 5.84. The second-order valence-electron chi connectivity index (χ2n) is 7.74. The average molecular weight is 451 g/mol. The first-order chi connectivity index (χ1) is 15.9. The van der Waals surface area contributed by atoms with Crippen molar-refractivity contribution in [2.75, 3.05) is 23.0 Å². The van der Waals surface area contributed by atoms with Gasteiger partial charge < -0.3 is 15.2 Å². The SMILES string of the molecule is N#Cc1cc2c(cc1F)C(=O)N1CN2c2ccc(F)c(F)c2CNCCc2[nH]c(=O)ccc21. The van der Waals surface area contributed by atoms with Crippen LogP contribution in [0.2, 0.25) is 0 Å². The Balaban J connectivity index is 1.81. The maximum Gasteiger partial charge on any atom is 0.262 e. The van der Waals surface area contributed by atoms with Crippen molar-refractivity contribution < 1.29 is 18.0 Å². The number of benzene rings is 2. The van der Waals surface area contributed by atoms with Gasteiger partial charge in [0.2, 0.25) is 5.56 Å². The smallest absolute Gasteiger partial charge is 0.262 e. The van der Waals surface area contributed by atoms with Gasteiger partial charge in [0.15, 0.2) is 11.6 Å². The Hall–Kier alpha value is -4.10. The van der Waals surface area contributed by atoms with Gasteiger partial charge in [-0.3, -0.25) is 14.5 Å². The highest BCUT2D eigenvalue weighted by molar-refractivity contribution is 6.13. The maximum absolute atomic E-state index is 14.9. The van der Waals surface area contributed by atoms with Crippen molar-refractivity contribution in [3.05, 3.63) is 86.6 Å². The third-order valence-electron chi connectivity index (χ3n) is 5.84. The quantitative estimate of drug-likeness (QED) is 0.548. The summed E-state index contributed by atoms with van der Waals surface area (Å²) < 4.78 is 43.5. The highest BCUT2D eigenvalue weighted by atomic mass is 19.2. The van der Waals surface area contributed by atoms with E-state index < -0.39 is 23.4 Å². The minimum Gasteiger partial charge on any atom is -0.324 e.